The van der Waals surface area contributed by atoms with Gasteiger partial charge in [-0.1, -0.05) is 54.6 Å². The molecule has 0 aliphatic rings. The number of carboxylic acid groups (broad SMARTS) is 2. The van der Waals surface area contributed by atoms with E-state index in [0.717, 1.165) is 0 Å². The Morgan fingerprint density at radius 2 is 0.767 bits per heavy atom. The summed E-state index contributed by atoms with van der Waals surface area (Å²) in [5.74, 6) is -13.6. The SMILES string of the molecule is N=C(N)NCCC[C@H](NC(=O)[C@H](CO)NC(=O)[C@H](CCCNC(=N)N)NC(=O)[C@@H](N)Cc1ccc(O)cc1)C(=O)N[C@@H](CCCCN)C(=O)N[C@@H](Cc1ccc(O)cc1)C(=O)N[C@@H](CCC(=O)O)C(=O)N[C@@H](CO)C(=O)N[C@@H](Cc1c[nH]c2ccccc12)C(=O)N[C@@H](Cc1ccc(O)cc1)C(=O)O. The summed E-state index contributed by atoms with van der Waals surface area (Å²) in [5.41, 5.74) is 25.3. The third-order valence-corrected chi connectivity index (χ3v) is 16.2. The van der Waals surface area contributed by atoms with Gasteiger partial charge in [0, 0.05) is 55.9 Å². The number of phenols is 3. The number of nitrogens with one attached hydrogen (secondary N) is 14. The van der Waals surface area contributed by atoms with Crippen LogP contribution >= 0.6 is 0 Å². The van der Waals surface area contributed by atoms with Crippen molar-refractivity contribution in [2.45, 2.75) is 144 Å². The van der Waals surface area contributed by atoms with E-state index < -0.39 is 164 Å². The van der Waals surface area contributed by atoms with E-state index in [1.54, 1.807) is 42.6 Å². The molecule has 0 bridgehead atoms. The molecular formula is C67H92N18O18. The van der Waals surface area contributed by atoms with Gasteiger partial charge in [0.25, 0.3) is 0 Å². The van der Waals surface area contributed by atoms with Crippen molar-refractivity contribution in [2.75, 3.05) is 32.8 Å². The normalized spacial score (nSPS) is 13.9. The van der Waals surface area contributed by atoms with E-state index in [2.05, 4.69) is 63.5 Å². The first-order chi connectivity index (χ1) is 49.1. The second-order valence-electron chi connectivity index (χ2n) is 24.2. The molecule has 1 heterocycles. The number of guanidine groups is 2. The number of hydrogen-bond acceptors (Lipinski definition) is 20. The first-order valence-electron chi connectivity index (χ1n) is 33.0. The Morgan fingerprint density at radius 3 is 1.18 bits per heavy atom. The molecule has 1 aromatic heterocycles. The van der Waals surface area contributed by atoms with Crippen LogP contribution in [0, 0.1) is 10.8 Å². The van der Waals surface area contributed by atoms with Crippen molar-refractivity contribution in [3.05, 3.63) is 126 Å². The number of unbranched alkanes of at least 4 members (excludes halogenated alkanes) is 1. The van der Waals surface area contributed by atoms with Crippen LogP contribution in [-0.2, 0) is 78.4 Å². The van der Waals surface area contributed by atoms with Crippen LogP contribution in [-0.4, -0.2) is 211 Å². The first-order valence-corrected chi connectivity index (χ1v) is 33.0. The lowest BCUT2D eigenvalue weighted by Gasteiger charge is -2.28. The number of H-pyrrole nitrogens is 1. The van der Waals surface area contributed by atoms with Crippen LogP contribution in [0.5, 0.6) is 17.2 Å². The average Bonchev–Trinajstić information content (AvgIpc) is 1.78. The minimum Gasteiger partial charge on any atom is -0.508 e. The fourth-order valence-electron chi connectivity index (χ4n) is 10.6. The molecule has 0 spiro atoms. The van der Waals surface area contributed by atoms with E-state index in [1.165, 1.54) is 60.7 Å². The fraction of sp³-hybridized carbons (Fsp3) is 0.418. The van der Waals surface area contributed by atoms with Gasteiger partial charge in [0.1, 0.15) is 71.6 Å². The fourth-order valence-corrected chi connectivity index (χ4v) is 10.6. The molecule has 4 aromatic carbocycles. The summed E-state index contributed by atoms with van der Waals surface area (Å²) in [6.45, 7) is -2.05. The van der Waals surface area contributed by atoms with Crippen molar-refractivity contribution < 1.29 is 88.5 Å². The molecule has 10 atom stereocenters. The van der Waals surface area contributed by atoms with Gasteiger partial charge in [0.15, 0.2) is 11.9 Å². The molecule has 103 heavy (non-hydrogen) atoms. The summed E-state index contributed by atoms with van der Waals surface area (Å²) in [6, 6.07) is 7.39. The number of carbonyl (C=O) groups is 11. The van der Waals surface area contributed by atoms with E-state index in [9.17, 15) is 88.5 Å². The van der Waals surface area contributed by atoms with Crippen LogP contribution in [0.2, 0.25) is 0 Å². The van der Waals surface area contributed by atoms with Crippen LogP contribution in [0.3, 0.4) is 0 Å². The monoisotopic (exact) mass is 1440 g/mol. The van der Waals surface area contributed by atoms with Crippen molar-refractivity contribution in [1.29, 1.82) is 10.8 Å². The number of aliphatic hydroxyl groups is 2. The number of phenolic OH excluding ortho intramolecular Hbond substituents is 3. The van der Waals surface area contributed by atoms with E-state index in [0.29, 0.717) is 39.6 Å². The maximum Gasteiger partial charge on any atom is 0.326 e. The van der Waals surface area contributed by atoms with Crippen LogP contribution in [0.4, 0.5) is 0 Å². The van der Waals surface area contributed by atoms with Gasteiger partial charge in [0.2, 0.25) is 53.2 Å². The minimum absolute atomic E-state index is 0.0163. The molecule has 9 amide bonds. The lowest BCUT2D eigenvalue weighted by molar-refractivity contribution is -0.142. The highest BCUT2D eigenvalue weighted by Crippen LogP contribution is 2.21. The Labute approximate surface area is 591 Å². The highest BCUT2D eigenvalue weighted by Gasteiger charge is 2.36. The molecule has 5 aromatic rings. The van der Waals surface area contributed by atoms with Crippen molar-refractivity contribution in [3.63, 3.8) is 0 Å². The number of aromatic hydroxyl groups is 3. The molecule has 0 unspecified atom stereocenters. The highest BCUT2D eigenvalue weighted by atomic mass is 16.4. The van der Waals surface area contributed by atoms with Crippen molar-refractivity contribution in [2.24, 2.45) is 22.9 Å². The Hall–Kier alpha value is -11.6. The topological polar surface area (TPSA) is 629 Å². The lowest BCUT2D eigenvalue weighted by atomic mass is 10.0. The number of fused-ring (bicyclic) bond motifs is 1. The molecule has 0 fully saturated rings. The molecule has 558 valence electrons. The number of aromatic amines is 1. The number of carbonyl (C=O) groups excluding carboxylic acids is 9. The molecule has 0 saturated heterocycles. The molecule has 29 N–H and O–H groups in total. The smallest absolute Gasteiger partial charge is 0.326 e. The quantitative estimate of drug-likeness (QED) is 0.01000. The van der Waals surface area contributed by atoms with Crippen LogP contribution < -0.4 is 81.4 Å². The standard InChI is InChI=1S/C67H92N18O18/c68-26-4-3-9-46(78-57(94)48(11-6-28-75-67(72)73)79-63(100)53(34-86)84-59(96)47(10-5-27-74-66(70)71)77-56(93)44(69)29-36-12-18-40(88)19-13-36)58(95)81-50(30-37-14-20-41(89)21-15-37)61(98)80-49(24-25-55(91)92)60(97)85-54(35-87)64(101)82-51(32-39-33-76-45-8-2-1-7-43(39)45)62(99)83-52(65(102)103)31-38-16-22-42(90)23-17-38/h1-2,7-8,12-23,33,44,46-54,76,86-90H,3-6,9-11,24-32,34-35,68-69H2,(H,77,93)(H,78,94)(H,79,100)(H,80,98)(H,81,95)(H,82,101)(H,83,99)(H,84,96)(H,85,97)(H,91,92)(H,102,103)(H4,70,71,74)(H4,72,73,75)/t44-,46-,47-,48-,49-,50-,51-,52-,53-,54-/m0/s1. The molecule has 5 rings (SSSR count). The van der Waals surface area contributed by atoms with Gasteiger partial charge in [-0.3, -0.25) is 58.8 Å². The summed E-state index contributed by atoms with van der Waals surface area (Å²) >= 11 is 0. The first kappa shape index (κ1) is 82.0. The summed E-state index contributed by atoms with van der Waals surface area (Å²) in [6.07, 6.45) is -0.766. The van der Waals surface area contributed by atoms with Gasteiger partial charge >= 0.3 is 11.9 Å². The Bertz CT molecular complexity index is 3710. The maximum absolute atomic E-state index is 14.7. The zero-order valence-corrected chi connectivity index (χ0v) is 56.2. The van der Waals surface area contributed by atoms with Crippen molar-refractivity contribution >= 4 is 87.9 Å². The van der Waals surface area contributed by atoms with E-state index >= 15 is 0 Å². The van der Waals surface area contributed by atoms with E-state index in [1.807, 2.05) is 0 Å². The third-order valence-electron chi connectivity index (χ3n) is 16.2. The maximum atomic E-state index is 14.7. The van der Waals surface area contributed by atoms with Crippen LogP contribution in [0.15, 0.2) is 103 Å². The molecule has 0 saturated carbocycles. The van der Waals surface area contributed by atoms with Gasteiger partial charge in [-0.15, -0.1) is 0 Å². The number of hydrogen-bond donors (Lipinski definition) is 25. The number of aromatic nitrogens is 1. The molecular weight excluding hydrogens is 1340 g/mol. The predicted molar refractivity (Wildman–Crippen MR) is 373 cm³/mol. The number of nitrogens with two attached hydrogens (primary N) is 4. The number of aliphatic hydroxyl groups excluding tert-OH is 2. The van der Waals surface area contributed by atoms with Crippen molar-refractivity contribution in [1.82, 2.24) is 63.5 Å². The summed E-state index contributed by atoms with van der Waals surface area (Å²) in [5, 5.41) is 114. The van der Waals surface area contributed by atoms with Gasteiger partial charge in [0.05, 0.1) is 19.3 Å². The number of benzene rings is 4. The van der Waals surface area contributed by atoms with Gasteiger partial charge in [-0.05, 0) is 129 Å². The zero-order valence-electron chi connectivity index (χ0n) is 56.2. The molecule has 36 heteroatoms. The third kappa shape index (κ3) is 28.1. The van der Waals surface area contributed by atoms with Crippen molar-refractivity contribution in [3.8, 4) is 17.2 Å². The summed E-state index contributed by atoms with van der Waals surface area (Å²) in [4.78, 5) is 156. The van der Waals surface area contributed by atoms with Gasteiger partial charge in [-0.25, -0.2) is 4.79 Å². The number of aliphatic carboxylic acids is 2. The Balaban J connectivity index is 1.39. The van der Waals surface area contributed by atoms with E-state index in [4.69, 9.17) is 33.8 Å². The van der Waals surface area contributed by atoms with Gasteiger partial charge < -0.3 is 122 Å². The highest BCUT2D eigenvalue weighted by molar-refractivity contribution is 5.99. The largest absolute Gasteiger partial charge is 0.508 e. The Kier molecular flexibility index (Phi) is 33.3. The molecule has 0 radical (unpaired) electrons. The zero-order chi connectivity index (χ0) is 75.7. The minimum atomic E-state index is -1.93. The number of carboxylic acids is 2. The van der Waals surface area contributed by atoms with E-state index in [-0.39, 0.29) is 101 Å². The second-order valence-corrected chi connectivity index (χ2v) is 24.2. The Morgan fingerprint density at radius 1 is 0.417 bits per heavy atom. The lowest BCUT2D eigenvalue weighted by Crippen LogP contribution is -2.61. The summed E-state index contributed by atoms with van der Waals surface area (Å²) in [7, 11) is 0. The molecule has 0 aliphatic carbocycles. The van der Waals surface area contributed by atoms with Crippen LogP contribution in [0.25, 0.3) is 10.9 Å². The molecule has 36 nitrogen and oxygen atoms in total. The van der Waals surface area contributed by atoms with Crippen LogP contribution in [0.1, 0.15) is 80.0 Å². The summed E-state index contributed by atoms with van der Waals surface area (Å²) < 4.78 is 0. The average molecular weight is 1440 g/mol. The number of rotatable bonds is 44. The number of amides is 9. The predicted octanol–water partition coefficient (Wildman–Crippen LogP) is -4.16. The second kappa shape index (κ2) is 41.8. The number of para-hydroxylation sites is 1. The van der Waals surface area contributed by atoms with Gasteiger partial charge in [-0.2, -0.15) is 0 Å². The molecule has 0 aliphatic heterocycles.